The third-order valence-electron chi connectivity index (χ3n) is 2.23. The zero-order valence-corrected chi connectivity index (χ0v) is 11.5. The van der Waals surface area contributed by atoms with Gasteiger partial charge in [0.1, 0.15) is 10.3 Å². The quantitative estimate of drug-likeness (QED) is 0.783. The summed E-state index contributed by atoms with van der Waals surface area (Å²) in [6.45, 7) is 2.86. The molecular formula is C9H13Cl4N3. The van der Waals surface area contributed by atoms with E-state index in [1.54, 1.807) is 0 Å². The molecule has 0 amide bonds. The highest BCUT2D eigenvalue weighted by Gasteiger charge is 2.15. The summed E-state index contributed by atoms with van der Waals surface area (Å²) in [6, 6.07) is 3.97. The molecule has 1 aromatic rings. The lowest BCUT2D eigenvalue weighted by molar-refractivity contribution is 0.430. The molecule has 2 rings (SSSR count). The Balaban J connectivity index is 0.00000112. The second-order valence-corrected chi connectivity index (χ2v) is 4.03. The van der Waals surface area contributed by atoms with E-state index in [4.69, 9.17) is 23.2 Å². The van der Waals surface area contributed by atoms with E-state index in [2.05, 4.69) is 15.6 Å². The summed E-state index contributed by atoms with van der Waals surface area (Å²) in [4.78, 5) is 3.91. The Bertz CT molecular complexity index is 308. The fourth-order valence-electron chi connectivity index (χ4n) is 1.57. The van der Waals surface area contributed by atoms with Crippen LogP contribution in [0.1, 0.15) is 11.6 Å². The molecular weight excluding hydrogens is 292 g/mol. The molecule has 92 valence electrons. The van der Waals surface area contributed by atoms with E-state index in [0.29, 0.717) is 10.3 Å². The molecule has 0 saturated carbocycles. The Morgan fingerprint density at radius 1 is 1.12 bits per heavy atom. The Morgan fingerprint density at radius 2 is 1.75 bits per heavy atom. The first-order valence-electron chi connectivity index (χ1n) is 4.53. The summed E-state index contributed by atoms with van der Waals surface area (Å²) in [5.74, 6) is 0. The van der Waals surface area contributed by atoms with Crippen LogP contribution in [-0.4, -0.2) is 24.6 Å². The number of hydrogen-bond donors (Lipinski definition) is 2. The van der Waals surface area contributed by atoms with Crippen LogP contribution in [-0.2, 0) is 0 Å². The maximum atomic E-state index is 5.83. The molecule has 1 saturated heterocycles. The molecule has 3 nitrogen and oxygen atoms in total. The summed E-state index contributed by atoms with van der Waals surface area (Å²) >= 11 is 11.7. The number of halogens is 4. The summed E-state index contributed by atoms with van der Waals surface area (Å²) in [5, 5.41) is 7.57. The molecule has 2 heterocycles. The van der Waals surface area contributed by atoms with Crippen molar-refractivity contribution in [2.45, 2.75) is 6.04 Å². The van der Waals surface area contributed by atoms with Gasteiger partial charge < -0.3 is 10.6 Å². The number of hydrogen-bond acceptors (Lipinski definition) is 3. The molecule has 0 spiro atoms. The Kier molecular flexibility index (Phi) is 7.64. The fraction of sp³-hybridized carbons (Fsp3) is 0.444. The number of aromatic nitrogens is 1. The maximum Gasteiger partial charge on any atom is 0.131 e. The second-order valence-electron chi connectivity index (χ2n) is 3.26. The third-order valence-corrected chi connectivity index (χ3v) is 2.62. The molecule has 1 aromatic heterocycles. The molecule has 7 heteroatoms. The van der Waals surface area contributed by atoms with Gasteiger partial charge in [0.05, 0.1) is 0 Å². The van der Waals surface area contributed by atoms with Crippen LogP contribution in [0.15, 0.2) is 12.1 Å². The van der Waals surface area contributed by atoms with Gasteiger partial charge in [0, 0.05) is 25.7 Å². The van der Waals surface area contributed by atoms with Crippen molar-refractivity contribution in [3.05, 3.63) is 28.0 Å². The lowest BCUT2D eigenvalue weighted by Crippen LogP contribution is -2.42. The first-order valence-corrected chi connectivity index (χ1v) is 5.28. The average molecular weight is 305 g/mol. The Morgan fingerprint density at radius 3 is 2.25 bits per heavy atom. The molecule has 0 bridgehead atoms. The normalized spacial score (nSPS) is 19.5. The van der Waals surface area contributed by atoms with E-state index >= 15 is 0 Å². The van der Waals surface area contributed by atoms with E-state index in [-0.39, 0.29) is 30.9 Å². The van der Waals surface area contributed by atoms with Crippen LogP contribution in [0.4, 0.5) is 0 Å². The molecule has 0 aliphatic carbocycles. The number of nitrogens with zero attached hydrogens (tertiary/aromatic N) is 1. The smallest absolute Gasteiger partial charge is 0.131 e. The molecule has 0 radical (unpaired) electrons. The van der Waals surface area contributed by atoms with Crippen molar-refractivity contribution in [3.63, 3.8) is 0 Å². The highest BCUT2D eigenvalue weighted by Crippen LogP contribution is 2.20. The topological polar surface area (TPSA) is 37.0 Å². The highest BCUT2D eigenvalue weighted by atomic mass is 35.5. The van der Waals surface area contributed by atoms with Gasteiger partial charge in [-0.05, 0) is 17.7 Å². The van der Waals surface area contributed by atoms with Gasteiger partial charge in [0.15, 0.2) is 0 Å². The van der Waals surface area contributed by atoms with Crippen molar-refractivity contribution in [2.75, 3.05) is 19.6 Å². The first-order chi connectivity index (χ1) is 6.75. The molecule has 1 fully saturated rings. The largest absolute Gasteiger partial charge is 0.314 e. The van der Waals surface area contributed by atoms with Gasteiger partial charge in [0.2, 0.25) is 0 Å². The first kappa shape index (κ1) is 16.2. The van der Waals surface area contributed by atoms with E-state index in [9.17, 15) is 0 Å². The van der Waals surface area contributed by atoms with Crippen LogP contribution in [0.3, 0.4) is 0 Å². The van der Waals surface area contributed by atoms with Crippen molar-refractivity contribution in [2.24, 2.45) is 0 Å². The van der Waals surface area contributed by atoms with Gasteiger partial charge in [0.25, 0.3) is 0 Å². The predicted octanol–water partition coefficient (Wildman–Crippen LogP) is 2.47. The van der Waals surface area contributed by atoms with E-state index in [1.165, 1.54) is 0 Å². The summed E-state index contributed by atoms with van der Waals surface area (Å²) in [7, 11) is 0. The number of rotatable bonds is 1. The molecule has 1 aliphatic heterocycles. The minimum absolute atomic E-state index is 0. The SMILES string of the molecule is Cl.Cl.Clc1cc(C2CNCCN2)cc(Cl)n1. The van der Waals surface area contributed by atoms with Crippen molar-refractivity contribution in [1.29, 1.82) is 0 Å². The Labute approximate surface area is 117 Å². The monoisotopic (exact) mass is 303 g/mol. The van der Waals surface area contributed by atoms with Crippen LogP contribution in [0.2, 0.25) is 10.3 Å². The lowest BCUT2D eigenvalue weighted by Gasteiger charge is -2.24. The van der Waals surface area contributed by atoms with Crippen molar-refractivity contribution < 1.29 is 0 Å². The van der Waals surface area contributed by atoms with Gasteiger partial charge in [-0.2, -0.15) is 0 Å². The summed E-state index contributed by atoms with van der Waals surface area (Å²) in [5.41, 5.74) is 1.09. The van der Waals surface area contributed by atoms with Gasteiger partial charge >= 0.3 is 0 Å². The molecule has 0 aromatic carbocycles. The predicted molar refractivity (Wildman–Crippen MR) is 72.4 cm³/mol. The van der Waals surface area contributed by atoms with Crippen molar-refractivity contribution >= 4 is 48.0 Å². The minimum Gasteiger partial charge on any atom is -0.314 e. The zero-order valence-electron chi connectivity index (χ0n) is 8.37. The minimum atomic E-state index is 0. The van der Waals surface area contributed by atoms with Gasteiger partial charge in [-0.25, -0.2) is 4.98 Å². The zero-order chi connectivity index (χ0) is 9.97. The molecule has 2 N–H and O–H groups in total. The van der Waals surface area contributed by atoms with E-state index in [1.807, 2.05) is 12.1 Å². The van der Waals surface area contributed by atoms with Crippen LogP contribution in [0.25, 0.3) is 0 Å². The highest BCUT2D eigenvalue weighted by molar-refractivity contribution is 6.32. The van der Waals surface area contributed by atoms with Gasteiger partial charge in [-0.3, -0.25) is 0 Å². The summed E-state index contributed by atoms with van der Waals surface area (Å²) < 4.78 is 0. The average Bonchev–Trinajstić information content (AvgIpc) is 2.18. The third kappa shape index (κ3) is 4.24. The van der Waals surface area contributed by atoms with Gasteiger partial charge in [-0.1, -0.05) is 23.2 Å². The number of pyridine rings is 1. The number of piperazine rings is 1. The van der Waals surface area contributed by atoms with Gasteiger partial charge in [-0.15, -0.1) is 24.8 Å². The van der Waals surface area contributed by atoms with Crippen LogP contribution in [0, 0.1) is 0 Å². The van der Waals surface area contributed by atoms with E-state index < -0.39 is 0 Å². The van der Waals surface area contributed by atoms with Crippen LogP contribution in [0.5, 0.6) is 0 Å². The van der Waals surface area contributed by atoms with Crippen LogP contribution < -0.4 is 10.6 Å². The standard InChI is InChI=1S/C9H11Cl2N3.2ClH/c10-8-3-6(4-9(11)14-8)7-5-12-1-2-13-7;;/h3-4,7,12-13H,1-2,5H2;2*1H. The molecule has 16 heavy (non-hydrogen) atoms. The molecule has 1 atom stereocenters. The van der Waals surface area contributed by atoms with Crippen LogP contribution >= 0.6 is 48.0 Å². The maximum absolute atomic E-state index is 5.83. The number of nitrogens with one attached hydrogen (secondary N) is 2. The molecule has 1 unspecified atom stereocenters. The van der Waals surface area contributed by atoms with Crippen molar-refractivity contribution in [1.82, 2.24) is 15.6 Å². The lowest BCUT2D eigenvalue weighted by atomic mass is 10.1. The fourth-order valence-corrected chi connectivity index (χ4v) is 2.05. The summed E-state index contributed by atoms with van der Waals surface area (Å²) in [6.07, 6.45) is 0. The van der Waals surface area contributed by atoms with Crippen molar-refractivity contribution in [3.8, 4) is 0 Å². The molecule has 1 aliphatic rings. The second kappa shape index (κ2) is 7.54. The van der Waals surface area contributed by atoms with E-state index in [0.717, 1.165) is 25.2 Å². The Hall–Kier alpha value is 0.230.